The fourth-order valence-corrected chi connectivity index (χ4v) is 1.91. The number of amides is 1. The van der Waals surface area contributed by atoms with Crippen molar-refractivity contribution >= 4 is 28.5 Å². The standard InChI is InChI=1S/C13H16N2O2S/c1-13(2,3)17-12(16)15-11-8-10(9-18-11)6-4-5-7-14/h4,6,8-9H,5H2,1-3H3,(H,15,16). The van der Waals surface area contributed by atoms with Gasteiger partial charge in [-0.15, -0.1) is 11.3 Å². The Bertz CT molecular complexity index is 478. The van der Waals surface area contributed by atoms with Crippen molar-refractivity contribution in [1.82, 2.24) is 0 Å². The van der Waals surface area contributed by atoms with Crippen LogP contribution >= 0.6 is 11.3 Å². The topological polar surface area (TPSA) is 62.1 Å². The molecule has 1 aromatic heterocycles. The van der Waals surface area contributed by atoms with E-state index >= 15 is 0 Å². The number of anilines is 1. The van der Waals surface area contributed by atoms with E-state index in [0.717, 1.165) is 10.6 Å². The highest BCUT2D eigenvalue weighted by Crippen LogP contribution is 2.22. The van der Waals surface area contributed by atoms with Crippen LogP contribution in [0.15, 0.2) is 17.5 Å². The second-order valence-corrected chi connectivity index (χ2v) is 5.55. The van der Waals surface area contributed by atoms with Gasteiger partial charge in [0.15, 0.2) is 0 Å². The van der Waals surface area contributed by atoms with Crippen molar-refractivity contribution in [1.29, 1.82) is 5.26 Å². The van der Waals surface area contributed by atoms with Crippen LogP contribution in [0, 0.1) is 11.3 Å². The number of nitrogens with zero attached hydrogens (tertiary/aromatic N) is 1. The highest BCUT2D eigenvalue weighted by molar-refractivity contribution is 7.14. The van der Waals surface area contributed by atoms with Crippen LogP contribution in [-0.2, 0) is 4.74 Å². The molecule has 0 bridgehead atoms. The minimum absolute atomic E-state index is 0.380. The third kappa shape index (κ3) is 5.51. The molecular formula is C13H16N2O2S. The van der Waals surface area contributed by atoms with Crippen LogP contribution in [0.3, 0.4) is 0 Å². The SMILES string of the molecule is CC(C)(C)OC(=O)Nc1cc(C=CCC#N)cs1. The van der Waals surface area contributed by atoms with Crippen LogP contribution in [0.1, 0.15) is 32.8 Å². The molecule has 1 heterocycles. The zero-order valence-corrected chi connectivity index (χ0v) is 11.5. The van der Waals surface area contributed by atoms with Crippen molar-refractivity contribution in [3.05, 3.63) is 23.1 Å². The van der Waals surface area contributed by atoms with Crippen molar-refractivity contribution < 1.29 is 9.53 Å². The van der Waals surface area contributed by atoms with E-state index in [0.29, 0.717) is 6.42 Å². The summed E-state index contributed by atoms with van der Waals surface area (Å²) >= 11 is 1.42. The van der Waals surface area contributed by atoms with Crippen LogP contribution in [0.2, 0.25) is 0 Å². The predicted octanol–water partition coefficient (Wildman–Crippen LogP) is 4.02. The number of rotatable bonds is 3. The number of nitriles is 1. The van der Waals surface area contributed by atoms with E-state index in [1.54, 1.807) is 6.08 Å². The molecule has 0 saturated carbocycles. The molecular weight excluding hydrogens is 248 g/mol. The lowest BCUT2D eigenvalue weighted by molar-refractivity contribution is 0.0636. The minimum Gasteiger partial charge on any atom is -0.444 e. The summed E-state index contributed by atoms with van der Waals surface area (Å²) in [7, 11) is 0. The van der Waals surface area contributed by atoms with Gasteiger partial charge in [-0.2, -0.15) is 5.26 Å². The molecule has 4 nitrogen and oxygen atoms in total. The summed E-state index contributed by atoms with van der Waals surface area (Å²) < 4.78 is 5.14. The van der Waals surface area contributed by atoms with Crippen LogP contribution in [0.4, 0.5) is 9.80 Å². The maximum absolute atomic E-state index is 11.5. The van der Waals surface area contributed by atoms with Gasteiger partial charge in [0.05, 0.1) is 17.5 Å². The van der Waals surface area contributed by atoms with Gasteiger partial charge in [-0.05, 0) is 32.4 Å². The van der Waals surface area contributed by atoms with E-state index in [1.807, 2.05) is 44.4 Å². The average Bonchev–Trinajstić information content (AvgIpc) is 2.63. The van der Waals surface area contributed by atoms with E-state index in [1.165, 1.54) is 11.3 Å². The highest BCUT2D eigenvalue weighted by atomic mass is 32.1. The molecule has 1 rings (SSSR count). The van der Waals surface area contributed by atoms with Crippen molar-refractivity contribution in [3.8, 4) is 6.07 Å². The average molecular weight is 264 g/mol. The first-order valence-corrected chi connectivity index (χ1v) is 6.41. The smallest absolute Gasteiger partial charge is 0.412 e. The molecule has 0 aromatic carbocycles. The molecule has 18 heavy (non-hydrogen) atoms. The Morgan fingerprint density at radius 2 is 2.33 bits per heavy atom. The number of hydrogen-bond acceptors (Lipinski definition) is 4. The van der Waals surface area contributed by atoms with Crippen LogP contribution in [0.5, 0.6) is 0 Å². The second kappa shape index (κ2) is 6.22. The van der Waals surface area contributed by atoms with Crippen molar-refractivity contribution in [3.63, 3.8) is 0 Å². The highest BCUT2D eigenvalue weighted by Gasteiger charge is 2.16. The third-order valence-electron chi connectivity index (χ3n) is 1.76. The van der Waals surface area contributed by atoms with E-state index in [4.69, 9.17) is 10.00 Å². The Balaban J connectivity index is 2.54. The first-order valence-electron chi connectivity index (χ1n) is 5.53. The number of nitrogens with one attached hydrogen (secondary N) is 1. The lowest BCUT2D eigenvalue weighted by Crippen LogP contribution is -2.26. The molecule has 0 atom stereocenters. The van der Waals surface area contributed by atoms with Crippen molar-refractivity contribution in [2.75, 3.05) is 5.32 Å². The largest absolute Gasteiger partial charge is 0.444 e. The molecule has 0 aliphatic heterocycles. The zero-order valence-electron chi connectivity index (χ0n) is 10.7. The van der Waals surface area contributed by atoms with Crippen molar-refractivity contribution in [2.45, 2.75) is 32.8 Å². The Kier molecular flexibility index (Phi) is 4.93. The summed E-state index contributed by atoms with van der Waals surface area (Å²) in [5.41, 5.74) is 0.456. The zero-order chi connectivity index (χ0) is 13.6. The van der Waals surface area contributed by atoms with E-state index in [9.17, 15) is 4.79 Å². The van der Waals surface area contributed by atoms with Crippen molar-refractivity contribution in [2.24, 2.45) is 0 Å². The molecule has 5 heteroatoms. The van der Waals surface area contributed by atoms with Gasteiger partial charge in [0.1, 0.15) is 5.60 Å². The summed E-state index contributed by atoms with van der Waals surface area (Å²) in [5, 5.41) is 13.7. The number of ether oxygens (including phenoxy) is 1. The van der Waals surface area contributed by atoms with Gasteiger partial charge in [-0.1, -0.05) is 12.2 Å². The number of carbonyl (C=O) groups excluding carboxylic acids is 1. The molecule has 0 aliphatic carbocycles. The number of allylic oxidation sites excluding steroid dienone is 1. The molecule has 0 unspecified atom stereocenters. The lowest BCUT2D eigenvalue weighted by Gasteiger charge is -2.19. The summed E-state index contributed by atoms with van der Waals surface area (Å²) in [6.07, 6.45) is 3.54. The Hall–Kier alpha value is -1.80. The van der Waals surface area contributed by atoms with Gasteiger partial charge in [0.2, 0.25) is 0 Å². The van der Waals surface area contributed by atoms with E-state index < -0.39 is 11.7 Å². The molecule has 0 aliphatic rings. The summed E-state index contributed by atoms with van der Waals surface area (Å²) in [4.78, 5) is 11.5. The van der Waals surface area contributed by atoms with Gasteiger partial charge in [-0.25, -0.2) is 4.79 Å². The summed E-state index contributed by atoms with van der Waals surface area (Å²) in [6, 6.07) is 3.87. The molecule has 0 spiro atoms. The summed E-state index contributed by atoms with van der Waals surface area (Å²) in [5.74, 6) is 0. The Morgan fingerprint density at radius 3 is 2.94 bits per heavy atom. The lowest BCUT2D eigenvalue weighted by atomic mass is 10.2. The van der Waals surface area contributed by atoms with Gasteiger partial charge < -0.3 is 4.74 Å². The van der Waals surface area contributed by atoms with Gasteiger partial charge in [0, 0.05) is 5.38 Å². The Morgan fingerprint density at radius 1 is 1.61 bits per heavy atom. The molecule has 0 radical (unpaired) electrons. The fraction of sp³-hybridized carbons (Fsp3) is 0.385. The van der Waals surface area contributed by atoms with E-state index in [-0.39, 0.29) is 0 Å². The normalized spacial score (nSPS) is 11.2. The molecule has 1 amide bonds. The van der Waals surface area contributed by atoms with Gasteiger partial charge in [0.25, 0.3) is 0 Å². The fourth-order valence-electron chi connectivity index (χ4n) is 1.16. The molecule has 96 valence electrons. The maximum Gasteiger partial charge on any atom is 0.412 e. The van der Waals surface area contributed by atoms with Gasteiger partial charge in [-0.3, -0.25) is 5.32 Å². The van der Waals surface area contributed by atoms with Crippen LogP contribution < -0.4 is 5.32 Å². The van der Waals surface area contributed by atoms with E-state index in [2.05, 4.69) is 5.32 Å². The maximum atomic E-state index is 11.5. The first-order chi connectivity index (χ1) is 8.40. The first kappa shape index (κ1) is 14.3. The second-order valence-electron chi connectivity index (χ2n) is 4.64. The third-order valence-corrected chi connectivity index (χ3v) is 2.63. The monoisotopic (exact) mass is 264 g/mol. The van der Waals surface area contributed by atoms with Crippen LogP contribution in [-0.4, -0.2) is 11.7 Å². The number of carbonyl (C=O) groups is 1. The summed E-state index contributed by atoms with van der Waals surface area (Å²) in [6.45, 7) is 5.45. The minimum atomic E-state index is -0.503. The van der Waals surface area contributed by atoms with Crippen LogP contribution in [0.25, 0.3) is 6.08 Å². The predicted molar refractivity (Wildman–Crippen MR) is 73.4 cm³/mol. The Labute approximate surface area is 111 Å². The molecule has 1 N–H and O–H groups in total. The quantitative estimate of drug-likeness (QED) is 0.896. The van der Waals surface area contributed by atoms with Gasteiger partial charge >= 0.3 is 6.09 Å². The number of thiophene rings is 1. The number of hydrogen-bond donors (Lipinski definition) is 1. The molecule has 1 aromatic rings. The molecule has 0 fully saturated rings. The molecule has 0 saturated heterocycles.